The molecular formula is C25H22ClN7. The summed E-state index contributed by atoms with van der Waals surface area (Å²) >= 11 is 6.01. The minimum Gasteiger partial charge on any atom is -0.293 e. The molecule has 0 bridgehead atoms. The molecule has 8 heteroatoms. The number of benzene rings is 2. The summed E-state index contributed by atoms with van der Waals surface area (Å²) in [6.07, 6.45) is 3.67. The van der Waals surface area contributed by atoms with E-state index in [1.54, 1.807) is 6.20 Å². The van der Waals surface area contributed by atoms with Gasteiger partial charge in [-0.05, 0) is 69.7 Å². The first-order valence-electron chi connectivity index (χ1n) is 10.6. The summed E-state index contributed by atoms with van der Waals surface area (Å²) in [4.78, 5) is 18.4. The Hall–Kier alpha value is -3.84. The Morgan fingerprint density at radius 3 is 2.42 bits per heavy atom. The van der Waals surface area contributed by atoms with Crippen molar-refractivity contribution in [2.75, 3.05) is 5.32 Å². The molecule has 0 aliphatic rings. The number of anilines is 2. The summed E-state index contributed by atoms with van der Waals surface area (Å²) in [5.41, 5.74) is 7.59. The molecule has 164 valence electrons. The minimum absolute atomic E-state index is 0.426. The molecule has 0 aliphatic heterocycles. The summed E-state index contributed by atoms with van der Waals surface area (Å²) in [7, 11) is 0. The Balaban J connectivity index is 1.48. The van der Waals surface area contributed by atoms with Crippen molar-refractivity contribution in [3.05, 3.63) is 82.4 Å². The van der Waals surface area contributed by atoms with Crippen molar-refractivity contribution >= 4 is 34.4 Å². The third-order valence-corrected chi connectivity index (χ3v) is 5.72. The van der Waals surface area contributed by atoms with Crippen molar-refractivity contribution in [2.45, 2.75) is 27.7 Å². The lowest BCUT2D eigenvalue weighted by Crippen LogP contribution is -2.04. The second kappa shape index (κ2) is 8.26. The van der Waals surface area contributed by atoms with Crippen LogP contribution in [0.3, 0.4) is 0 Å². The summed E-state index contributed by atoms with van der Waals surface area (Å²) in [6, 6.07) is 13.6. The topological polar surface area (TPSA) is 81.4 Å². The molecule has 0 atom stereocenters. The predicted octanol–water partition coefficient (Wildman–Crippen LogP) is 5.90. The van der Waals surface area contributed by atoms with E-state index in [0.717, 1.165) is 44.8 Å². The first kappa shape index (κ1) is 21.0. The molecule has 1 N–H and O–H groups in total. The third-order valence-electron chi connectivity index (χ3n) is 5.47. The molecule has 0 unspecified atom stereocenters. The fourth-order valence-electron chi connectivity index (χ4n) is 3.90. The van der Waals surface area contributed by atoms with Gasteiger partial charge in [0.15, 0.2) is 0 Å². The highest BCUT2D eigenvalue weighted by atomic mass is 35.5. The SMILES string of the molecule is Cc1cc(C)c2nc(Nc3nccc(-c4cn(-c5ccc(Cl)cc5)nc4C)n3)nc(C)c2c1. The van der Waals surface area contributed by atoms with Crippen molar-refractivity contribution in [2.24, 2.45) is 0 Å². The van der Waals surface area contributed by atoms with Crippen molar-refractivity contribution in [1.82, 2.24) is 29.7 Å². The first-order chi connectivity index (χ1) is 15.9. The Bertz CT molecular complexity index is 1490. The van der Waals surface area contributed by atoms with Crippen LogP contribution >= 0.6 is 11.6 Å². The maximum Gasteiger partial charge on any atom is 0.230 e. The lowest BCUT2D eigenvalue weighted by atomic mass is 10.1. The smallest absolute Gasteiger partial charge is 0.230 e. The van der Waals surface area contributed by atoms with Gasteiger partial charge in [-0.25, -0.2) is 24.6 Å². The van der Waals surface area contributed by atoms with Crippen LogP contribution in [0, 0.1) is 27.7 Å². The van der Waals surface area contributed by atoms with E-state index < -0.39 is 0 Å². The van der Waals surface area contributed by atoms with E-state index in [9.17, 15) is 0 Å². The number of fused-ring (bicyclic) bond motifs is 1. The number of rotatable bonds is 4. The zero-order valence-corrected chi connectivity index (χ0v) is 19.5. The summed E-state index contributed by atoms with van der Waals surface area (Å²) in [6.45, 7) is 8.08. The number of aryl methyl sites for hydroxylation is 4. The molecule has 2 aromatic carbocycles. The van der Waals surface area contributed by atoms with E-state index in [0.29, 0.717) is 16.9 Å². The van der Waals surface area contributed by atoms with Crippen LogP contribution in [0.25, 0.3) is 27.8 Å². The van der Waals surface area contributed by atoms with Gasteiger partial charge >= 0.3 is 0 Å². The lowest BCUT2D eigenvalue weighted by Gasteiger charge is -2.10. The molecule has 0 amide bonds. The molecule has 33 heavy (non-hydrogen) atoms. The van der Waals surface area contributed by atoms with Gasteiger partial charge in [-0.2, -0.15) is 5.10 Å². The Morgan fingerprint density at radius 1 is 0.848 bits per heavy atom. The summed E-state index contributed by atoms with van der Waals surface area (Å²) in [5, 5.41) is 9.54. The highest BCUT2D eigenvalue weighted by molar-refractivity contribution is 6.30. The predicted molar refractivity (Wildman–Crippen MR) is 131 cm³/mol. The lowest BCUT2D eigenvalue weighted by molar-refractivity contribution is 0.863. The summed E-state index contributed by atoms with van der Waals surface area (Å²) in [5.74, 6) is 0.896. The Labute approximate surface area is 196 Å². The van der Waals surface area contributed by atoms with Crippen molar-refractivity contribution in [3.8, 4) is 16.9 Å². The van der Waals surface area contributed by atoms with Gasteiger partial charge in [-0.1, -0.05) is 23.2 Å². The number of hydrogen-bond donors (Lipinski definition) is 1. The van der Waals surface area contributed by atoms with E-state index in [1.165, 1.54) is 5.56 Å². The number of halogens is 1. The monoisotopic (exact) mass is 455 g/mol. The van der Waals surface area contributed by atoms with Crippen molar-refractivity contribution in [1.29, 1.82) is 0 Å². The van der Waals surface area contributed by atoms with Gasteiger partial charge < -0.3 is 0 Å². The van der Waals surface area contributed by atoms with E-state index in [4.69, 9.17) is 16.6 Å². The maximum atomic E-state index is 6.01. The van der Waals surface area contributed by atoms with Gasteiger partial charge in [-0.15, -0.1) is 0 Å². The van der Waals surface area contributed by atoms with Crippen LogP contribution < -0.4 is 5.32 Å². The van der Waals surface area contributed by atoms with E-state index in [-0.39, 0.29) is 0 Å². The molecule has 7 nitrogen and oxygen atoms in total. The number of nitrogens with zero attached hydrogens (tertiary/aromatic N) is 6. The Kier molecular flexibility index (Phi) is 5.26. The van der Waals surface area contributed by atoms with Gasteiger partial charge in [0.25, 0.3) is 0 Å². The summed E-state index contributed by atoms with van der Waals surface area (Å²) < 4.78 is 1.82. The minimum atomic E-state index is 0.426. The molecule has 0 saturated carbocycles. The molecule has 5 rings (SSSR count). The number of hydrogen-bond acceptors (Lipinski definition) is 6. The molecule has 0 radical (unpaired) electrons. The average Bonchev–Trinajstić information content (AvgIpc) is 3.17. The highest BCUT2D eigenvalue weighted by Gasteiger charge is 2.13. The van der Waals surface area contributed by atoms with Crippen LogP contribution in [0.15, 0.2) is 54.9 Å². The Morgan fingerprint density at radius 2 is 1.64 bits per heavy atom. The van der Waals surface area contributed by atoms with Crippen LogP contribution in [0.1, 0.15) is 22.5 Å². The standard InChI is InChI=1S/C25H22ClN7/c1-14-11-15(2)23-20(12-14)16(3)28-25(30-23)31-24-27-10-9-22(29-24)21-13-33(32-17(21)4)19-7-5-18(26)6-8-19/h5-13H,1-4H3,(H,27,28,29,30,31). The largest absolute Gasteiger partial charge is 0.293 e. The second-order valence-corrected chi connectivity index (χ2v) is 8.49. The first-order valence-corrected chi connectivity index (χ1v) is 10.9. The van der Waals surface area contributed by atoms with Crippen LogP contribution in [0.2, 0.25) is 5.02 Å². The number of nitrogens with one attached hydrogen (secondary N) is 1. The molecule has 0 saturated heterocycles. The average molecular weight is 456 g/mol. The second-order valence-electron chi connectivity index (χ2n) is 8.05. The van der Waals surface area contributed by atoms with Crippen LogP contribution in [-0.2, 0) is 0 Å². The molecule has 5 aromatic rings. The fourth-order valence-corrected chi connectivity index (χ4v) is 4.02. The zero-order valence-electron chi connectivity index (χ0n) is 18.8. The van der Waals surface area contributed by atoms with Crippen molar-refractivity contribution < 1.29 is 0 Å². The van der Waals surface area contributed by atoms with Gasteiger partial charge in [0.1, 0.15) is 0 Å². The van der Waals surface area contributed by atoms with Crippen LogP contribution in [-0.4, -0.2) is 29.7 Å². The third kappa shape index (κ3) is 4.15. The van der Waals surface area contributed by atoms with Gasteiger partial charge in [-0.3, -0.25) is 5.32 Å². The van der Waals surface area contributed by atoms with Crippen LogP contribution in [0.5, 0.6) is 0 Å². The van der Waals surface area contributed by atoms with Gasteiger partial charge in [0.05, 0.1) is 28.3 Å². The molecular weight excluding hydrogens is 434 g/mol. The maximum absolute atomic E-state index is 6.01. The van der Waals surface area contributed by atoms with Crippen molar-refractivity contribution in [3.63, 3.8) is 0 Å². The molecule has 0 spiro atoms. The highest BCUT2D eigenvalue weighted by Crippen LogP contribution is 2.26. The van der Waals surface area contributed by atoms with Crippen LogP contribution in [0.4, 0.5) is 11.9 Å². The van der Waals surface area contributed by atoms with E-state index >= 15 is 0 Å². The zero-order chi connectivity index (χ0) is 23.1. The van der Waals surface area contributed by atoms with E-state index in [1.807, 2.05) is 55.1 Å². The molecule has 3 heterocycles. The normalized spacial score (nSPS) is 11.2. The molecule has 0 aliphatic carbocycles. The van der Waals surface area contributed by atoms with E-state index in [2.05, 4.69) is 51.3 Å². The molecule has 3 aromatic heterocycles. The van der Waals surface area contributed by atoms with Gasteiger partial charge in [0.2, 0.25) is 11.9 Å². The molecule has 0 fully saturated rings. The number of aromatic nitrogens is 6. The quantitative estimate of drug-likeness (QED) is 0.363. The van der Waals surface area contributed by atoms with Gasteiger partial charge in [0, 0.05) is 28.4 Å². The fraction of sp³-hybridized carbons (Fsp3) is 0.160.